The zero-order valence-corrected chi connectivity index (χ0v) is 5.72. The van der Waals surface area contributed by atoms with Gasteiger partial charge in [-0.15, -0.1) is 0 Å². The van der Waals surface area contributed by atoms with E-state index in [9.17, 15) is 0 Å². The van der Waals surface area contributed by atoms with E-state index < -0.39 is 0 Å². The van der Waals surface area contributed by atoms with E-state index in [-0.39, 0.29) is 0 Å². The fraction of sp³-hybridized carbons (Fsp3) is 0.857. The Kier molecular flexibility index (Phi) is 0.943. The fourth-order valence-electron chi connectivity index (χ4n) is 1.96. The first-order valence-electron chi connectivity index (χ1n) is 3.53. The van der Waals surface area contributed by atoms with Crippen LogP contribution in [0.4, 0.5) is 0 Å². The lowest BCUT2D eigenvalue weighted by atomic mass is 9.74. The molecule has 0 bridgehead atoms. The molecule has 0 amide bonds. The third-order valence-electron chi connectivity index (χ3n) is 2.55. The summed E-state index contributed by atoms with van der Waals surface area (Å²) in [6.07, 6.45) is 1.08. The second kappa shape index (κ2) is 1.57. The van der Waals surface area contributed by atoms with E-state index in [1.165, 1.54) is 6.54 Å². The minimum atomic E-state index is 0.648. The maximum atomic E-state index is 7.42. The smallest absolute Gasteiger partial charge is 0.0140 e. The summed E-state index contributed by atoms with van der Waals surface area (Å²) in [5, 5.41) is 7.42. The normalized spacial score (nSPS) is 42.6. The molecule has 1 saturated heterocycles. The third-order valence-corrected chi connectivity index (χ3v) is 2.55. The van der Waals surface area contributed by atoms with Crippen molar-refractivity contribution >= 4 is 5.71 Å². The number of rotatable bonds is 0. The molecule has 0 spiro atoms. The molecular weight excluding hydrogens is 112 g/mol. The van der Waals surface area contributed by atoms with Crippen LogP contribution in [0.3, 0.4) is 0 Å². The first-order chi connectivity index (χ1) is 4.27. The van der Waals surface area contributed by atoms with Gasteiger partial charge in [-0.3, -0.25) is 0 Å². The van der Waals surface area contributed by atoms with Crippen LogP contribution in [0.25, 0.3) is 0 Å². The predicted octanol–water partition coefficient (Wildman–Crippen LogP) is 0.588. The lowest BCUT2D eigenvalue weighted by molar-refractivity contribution is 0.398. The summed E-state index contributed by atoms with van der Waals surface area (Å²) in [6.45, 7) is 2.37. The molecular formula is C7H12N2. The molecule has 2 nitrogen and oxygen atoms in total. The van der Waals surface area contributed by atoms with Crippen LogP contribution >= 0.6 is 0 Å². The van der Waals surface area contributed by atoms with Crippen molar-refractivity contribution in [1.82, 2.24) is 4.90 Å². The van der Waals surface area contributed by atoms with E-state index in [2.05, 4.69) is 11.9 Å². The van der Waals surface area contributed by atoms with Gasteiger partial charge in [0.15, 0.2) is 0 Å². The molecule has 9 heavy (non-hydrogen) atoms. The van der Waals surface area contributed by atoms with Crippen molar-refractivity contribution in [1.29, 1.82) is 5.41 Å². The van der Waals surface area contributed by atoms with Crippen LogP contribution in [0.15, 0.2) is 0 Å². The molecule has 2 atom stereocenters. The molecule has 2 unspecified atom stereocenters. The molecule has 0 aromatic heterocycles. The Hall–Kier alpha value is -0.370. The fourth-order valence-corrected chi connectivity index (χ4v) is 1.96. The van der Waals surface area contributed by atoms with Gasteiger partial charge in [0.2, 0.25) is 0 Å². The van der Waals surface area contributed by atoms with Crippen LogP contribution in [0.2, 0.25) is 0 Å². The van der Waals surface area contributed by atoms with Crippen LogP contribution in [0.5, 0.6) is 0 Å². The van der Waals surface area contributed by atoms with Crippen molar-refractivity contribution in [3.63, 3.8) is 0 Å². The lowest BCUT2D eigenvalue weighted by Gasteiger charge is -2.29. The zero-order chi connectivity index (χ0) is 6.43. The highest BCUT2D eigenvalue weighted by Crippen LogP contribution is 2.36. The second-order valence-corrected chi connectivity index (χ2v) is 3.32. The number of hydrogen-bond donors (Lipinski definition) is 1. The summed E-state index contributed by atoms with van der Waals surface area (Å²) in [7, 11) is 2.14. The molecule has 0 aromatic carbocycles. The topological polar surface area (TPSA) is 27.1 Å². The summed E-state index contributed by atoms with van der Waals surface area (Å²) in [6, 6.07) is 0. The van der Waals surface area contributed by atoms with Crippen LogP contribution in [0, 0.1) is 17.2 Å². The first kappa shape index (κ1) is 5.42. The molecule has 0 aromatic rings. The van der Waals surface area contributed by atoms with E-state index in [0.717, 1.165) is 24.6 Å². The van der Waals surface area contributed by atoms with Crippen molar-refractivity contribution in [3.8, 4) is 0 Å². The van der Waals surface area contributed by atoms with Gasteiger partial charge in [-0.25, -0.2) is 0 Å². The molecule has 0 radical (unpaired) electrons. The van der Waals surface area contributed by atoms with E-state index in [0.29, 0.717) is 5.92 Å². The average molecular weight is 124 g/mol. The molecule has 1 N–H and O–H groups in total. The average Bonchev–Trinajstić information content (AvgIpc) is 2.08. The quantitative estimate of drug-likeness (QED) is 0.502. The number of fused-ring (bicyclic) bond motifs is 1. The van der Waals surface area contributed by atoms with Crippen molar-refractivity contribution < 1.29 is 0 Å². The molecule has 2 rings (SSSR count). The van der Waals surface area contributed by atoms with E-state index in [1.807, 2.05) is 0 Å². The Morgan fingerprint density at radius 2 is 2.33 bits per heavy atom. The van der Waals surface area contributed by atoms with Crippen molar-refractivity contribution in [3.05, 3.63) is 0 Å². The minimum Gasteiger partial charge on any atom is -0.309 e. The SMILES string of the molecule is CN1CC2CC(=N)C2C1. The van der Waals surface area contributed by atoms with Gasteiger partial charge in [-0.1, -0.05) is 0 Å². The van der Waals surface area contributed by atoms with E-state index in [4.69, 9.17) is 5.41 Å². The molecule has 2 heteroatoms. The van der Waals surface area contributed by atoms with Gasteiger partial charge in [0.1, 0.15) is 0 Å². The number of nitrogens with zero attached hydrogens (tertiary/aromatic N) is 1. The van der Waals surface area contributed by atoms with Gasteiger partial charge >= 0.3 is 0 Å². The van der Waals surface area contributed by atoms with Crippen LogP contribution in [0.1, 0.15) is 6.42 Å². The van der Waals surface area contributed by atoms with Gasteiger partial charge in [-0.05, 0) is 19.4 Å². The standard InChI is InChI=1S/C7H12N2/c1-9-3-5-2-7(8)6(5)4-9/h5-6,8H,2-4H2,1H3. The second-order valence-electron chi connectivity index (χ2n) is 3.32. The third kappa shape index (κ3) is 0.628. The van der Waals surface area contributed by atoms with Crippen LogP contribution < -0.4 is 0 Å². The predicted molar refractivity (Wildman–Crippen MR) is 36.8 cm³/mol. The first-order valence-corrected chi connectivity index (χ1v) is 3.53. The maximum absolute atomic E-state index is 7.42. The monoisotopic (exact) mass is 124 g/mol. The molecule has 1 heterocycles. The Morgan fingerprint density at radius 3 is 2.78 bits per heavy atom. The van der Waals surface area contributed by atoms with Gasteiger partial charge in [0.05, 0.1) is 0 Å². The molecule has 1 saturated carbocycles. The summed E-state index contributed by atoms with van der Waals surface area (Å²) in [5.74, 6) is 1.50. The van der Waals surface area contributed by atoms with Crippen molar-refractivity contribution in [2.24, 2.45) is 11.8 Å². The molecule has 2 fully saturated rings. The summed E-state index contributed by atoms with van der Waals surface area (Å²) in [4.78, 5) is 2.33. The Balaban J connectivity index is 2.08. The molecule has 1 aliphatic heterocycles. The van der Waals surface area contributed by atoms with Gasteiger partial charge < -0.3 is 10.3 Å². The Bertz CT molecular complexity index is 153. The number of hydrogen-bond acceptors (Lipinski definition) is 2. The highest BCUT2D eigenvalue weighted by Gasteiger charge is 2.42. The minimum absolute atomic E-state index is 0.648. The summed E-state index contributed by atoms with van der Waals surface area (Å²) < 4.78 is 0. The van der Waals surface area contributed by atoms with Crippen LogP contribution in [-0.2, 0) is 0 Å². The molecule has 2 aliphatic rings. The zero-order valence-electron chi connectivity index (χ0n) is 5.72. The van der Waals surface area contributed by atoms with Crippen molar-refractivity contribution in [2.75, 3.05) is 20.1 Å². The molecule has 1 aliphatic carbocycles. The largest absolute Gasteiger partial charge is 0.309 e. The van der Waals surface area contributed by atoms with E-state index in [1.54, 1.807) is 0 Å². The van der Waals surface area contributed by atoms with Crippen LogP contribution in [-0.4, -0.2) is 30.7 Å². The highest BCUT2D eigenvalue weighted by atomic mass is 15.1. The number of nitrogens with one attached hydrogen (secondary N) is 1. The van der Waals surface area contributed by atoms with Gasteiger partial charge in [-0.2, -0.15) is 0 Å². The number of likely N-dealkylation sites (tertiary alicyclic amines) is 1. The molecule has 50 valence electrons. The Labute approximate surface area is 55.4 Å². The Morgan fingerprint density at radius 1 is 1.56 bits per heavy atom. The van der Waals surface area contributed by atoms with Gasteiger partial charge in [0, 0.05) is 24.7 Å². The lowest BCUT2D eigenvalue weighted by Crippen LogP contribution is -2.34. The van der Waals surface area contributed by atoms with Crippen molar-refractivity contribution in [2.45, 2.75) is 6.42 Å². The van der Waals surface area contributed by atoms with E-state index >= 15 is 0 Å². The summed E-state index contributed by atoms with van der Waals surface area (Å²) >= 11 is 0. The highest BCUT2D eigenvalue weighted by molar-refractivity contribution is 5.90. The summed E-state index contributed by atoms with van der Waals surface area (Å²) in [5.41, 5.74) is 0.990. The maximum Gasteiger partial charge on any atom is 0.0140 e. The van der Waals surface area contributed by atoms with Gasteiger partial charge in [0.25, 0.3) is 0 Å².